The fourth-order valence-corrected chi connectivity index (χ4v) is 2.94. The Hall–Kier alpha value is -1.10. The molecule has 0 aliphatic carbocycles. The fraction of sp³-hybridized carbons (Fsp3) is 0.538. The van der Waals surface area contributed by atoms with Crippen molar-refractivity contribution in [3.05, 3.63) is 33.9 Å². The summed E-state index contributed by atoms with van der Waals surface area (Å²) in [6.07, 6.45) is 1.64. The lowest BCUT2D eigenvalue weighted by Gasteiger charge is -2.12. The monoisotopic (exact) mass is 315 g/mol. The van der Waals surface area contributed by atoms with Crippen LogP contribution in [-0.4, -0.2) is 16.9 Å². The van der Waals surface area contributed by atoms with E-state index in [1.807, 2.05) is 0 Å². The molecule has 0 bridgehead atoms. The van der Waals surface area contributed by atoms with E-state index in [0.717, 1.165) is 12.0 Å². The van der Waals surface area contributed by atoms with Crippen molar-refractivity contribution in [2.45, 2.75) is 31.5 Å². The summed E-state index contributed by atoms with van der Waals surface area (Å²) in [5.74, 6) is 1.08. The van der Waals surface area contributed by atoms with Gasteiger partial charge < -0.3 is 4.74 Å². The minimum atomic E-state index is -0.354. The summed E-state index contributed by atoms with van der Waals surface area (Å²) < 4.78 is 5.01. The van der Waals surface area contributed by atoms with Gasteiger partial charge in [-0.1, -0.05) is 29.8 Å². The molecule has 0 N–H and O–H groups in total. The summed E-state index contributed by atoms with van der Waals surface area (Å²) in [6, 6.07) is 5.01. The summed E-state index contributed by atoms with van der Waals surface area (Å²) in [5, 5.41) is 11.0. The number of hydrogen-bond acceptors (Lipinski definition) is 3. The van der Waals surface area contributed by atoms with Crippen molar-refractivity contribution in [3.8, 4) is 5.75 Å². The Morgan fingerprint density at radius 1 is 1.44 bits per heavy atom. The van der Waals surface area contributed by atoms with Crippen molar-refractivity contribution < 1.29 is 9.66 Å². The predicted molar refractivity (Wildman–Crippen MR) is 75.5 cm³/mol. The number of nitro benzene ring substituents is 1. The third kappa shape index (κ3) is 4.29. The highest BCUT2D eigenvalue weighted by Crippen LogP contribution is 2.28. The van der Waals surface area contributed by atoms with Gasteiger partial charge in [-0.15, -0.1) is 0 Å². The van der Waals surface area contributed by atoms with Crippen LogP contribution in [0.5, 0.6) is 5.75 Å². The predicted octanol–water partition coefficient (Wildman–Crippen LogP) is 3.96. The number of rotatable bonds is 6. The third-order valence-corrected chi connectivity index (χ3v) is 3.36. The van der Waals surface area contributed by atoms with Gasteiger partial charge >= 0.3 is 0 Å². The quantitative estimate of drug-likeness (QED) is 0.453. The van der Waals surface area contributed by atoms with Crippen LogP contribution in [0.4, 0.5) is 5.69 Å². The Morgan fingerprint density at radius 2 is 2.11 bits per heavy atom. The van der Waals surface area contributed by atoms with E-state index in [0.29, 0.717) is 18.1 Å². The van der Waals surface area contributed by atoms with Crippen molar-refractivity contribution in [2.24, 2.45) is 5.92 Å². The van der Waals surface area contributed by atoms with Crippen molar-refractivity contribution in [2.75, 3.05) is 7.11 Å². The molecule has 18 heavy (non-hydrogen) atoms. The maximum Gasteiger partial charge on any atom is 0.276 e. The molecule has 5 heteroatoms. The molecule has 1 aromatic carbocycles. The first-order chi connectivity index (χ1) is 8.43. The molecule has 0 amide bonds. The minimum absolute atomic E-state index is 0.127. The Labute approximate surface area is 116 Å². The second-order valence-corrected chi connectivity index (χ2v) is 5.98. The summed E-state index contributed by atoms with van der Waals surface area (Å²) >= 11 is 3.58. The van der Waals surface area contributed by atoms with Crippen LogP contribution in [-0.2, 0) is 6.42 Å². The van der Waals surface area contributed by atoms with Crippen LogP contribution in [0.1, 0.15) is 25.8 Å². The van der Waals surface area contributed by atoms with Crippen LogP contribution in [0, 0.1) is 16.0 Å². The maximum absolute atomic E-state index is 11.0. The highest BCUT2D eigenvalue weighted by Gasteiger charge is 2.18. The lowest BCUT2D eigenvalue weighted by atomic mass is 10.0. The van der Waals surface area contributed by atoms with E-state index in [9.17, 15) is 10.1 Å². The van der Waals surface area contributed by atoms with Crippen LogP contribution >= 0.6 is 15.9 Å². The van der Waals surface area contributed by atoms with Gasteiger partial charge in [-0.25, -0.2) is 0 Å². The van der Waals surface area contributed by atoms with Gasteiger partial charge in [0.05, 0.1) is 18.1 Å². The number of halogens is 1. The Balaban J connectivity index is 2.90. The van der Waals surface area contributed by atoms with Gasteiger partial charge in [0, 0.05) is 10.4 Å². The van der Waals surface area contributed by atoms with Crippen LogP contribution in [0.25, 0.3) is 0 Å². The topological polar surface area (TPSA) is 52.4 Å². The number of methoxy groups -OCH3 is 1. The number of alkyl halides is 1. The number of hydrogen-bond donors (Lipinski definition) is 0. The number of nitro groups is 1. The molecule has 0 spiro atoms. The molecular formula is C13H18BrNO3. The first kappa shape index (κ1) is 15.0. The molecule has 4 nitrogen and oxygen atoms in total. The summed E-state index contributed by atoms with van der Waals surface area (Å²) in [6.45, 7) is 4.27. The van der Waals surface area contributed by atoms with Crippen molar-refractivity contribution in [1.29, 1.82) is 0 Å². The molecule has 0 saturated heterocycles. The SMILES string of the molecule is COc1ccc(CC(Br)CC(C)C)c([N+](=O)[O-])c1. The highest BCUT2D eigenvalue weighted by molar-refractivity contribution is 9.09. The Kier molecular flexibility index (Phi) is 5.59. The zero-order chi connectivity index (χ0) is 13.7. The first-order valence-electron chi connectivity index (χ1n) is 5.89. The molecule has 0 saturated carbocycles. The number of benzene rings is 1. The van der Waals surface area contributed by atoms with Crippen molar-refractivity contribution in [3.63, 3.8) is 0 Å². The zero-order valence-electron chi connectivity index (χ0n) is 10.9. The minimum Gasteiger partial charge on any atom is -0.497 e. The standard InChI is InChI=1S/C13H18BrNO3/c1-9(2)6-11(14)7-10-4-5-12(18-3)8-13(10)15(16)17/h4-5,8-9,11H,6-7H2,1-3H3. The second-order valence-electron chi connectivity index (χ2n) is 4.68. The average Bonchev–Trinajstić information content (AvgIpc) is 2.28. The van der Waals surface area contributed by atoms with Crippen molar-refractivity contribution >= 4 is 21.6 Å². The Morgan fingerprint density at radius 3 is 2.61 bits per heavy atom. The number of nitrogens with zero attached hydrogens (tertiary/aromatic N) is 1. The van der Waals surface area contributed by atoms with Crippen LogP contribution in [0.3, 0.4) is 0 Å². The van der Waals surface area contributed by atoms with Crippen LogP contribution in [0.15, 0.2) is 18.2 Å². The molecule has 1 unspecified atom stereocenters. The van der Waals surface area contributed by atoms with Gasteiger partial charge in [0.25, 0.3) is 5.69 Å². The average molecular weight is 316 g/mol. The summed E-state index contributed by atoms with van der Waals surface area (Å²) in [5.41, 5.74) is 0.867. The largest absolute Gasteiger partial charge is 0.497 e. The van der Waals surface area contributed by atoms with Gasteiger partial charge in [-0.2, -0.15) is 0 Å². The van der Waals surface area contributed by atoms with Gasteiger partial charge in [0.1, 0.15) is 5.75 Å². The van der Waals surface area contributed by atoms with Gasteiger partial charge in [-0.05, 0) is 30.9 Å². The molecule has 1 rings (SSSR count). The smallest absolute Gasteiger partial charge is 0.276 e. The number of ether oxygens (including phenoxy) is 1. The molecule has 0 heterocycles. The van der Waals surface area contributed by atoms with Gasteiger partial charge in [0.2, 0.25) is 0 Å². The fourth-order valence-electron chi connectivity index (χ4n) is 1.85. The molecule has 1 atom stereocenters. The highest BCUT2D eigenvalue weighted by atomic mass is 79.9. The molecule has 1 aromatic rings. The van der Waals surface area contributed by atoms with Gasteiger partial charge in [0.15, 0.2) is 0 Å². The summed E-state index contributed by atoms with van der Waals surface area (Å²) in [7, 11) is 1.50. The lowest BCUT2D eigenvalue weighted by Crippen LogP contribution is -2.08. The van der Waals surface area contributed by atoms with Crippen molar-refractivity contribution in [1.82, 2.24) is 0 Å². The van der Waals surface area contributed by atoms with Crippen LogP contribution < -0.4 is 4.74 Å². The maximum atomic E-state index is 11.0. The van der Waals surface area contributed by atoms with E-state index in [4.69, 9.17) is 4.74 Å². The molecular weight excluding hydrogens is 298 g/mol. The second kappa shape index (κ2) is 6.73. The normalized spacial score (nSPS) is 12.5. The summed E-state index contributed by atoms with van der Waals surface area (Å²) in [4.78, 5) is 10.9. The molecule has 0 aliphatic rings. The van der Waals surface area contributed by atoms with Gasteiger partial charge in [-0.3, -0.25) is 10.1 Å². The van der Waals surface area contributed by atoms with E-state index in [-0.39, 0.29) is 15.4 Å². The van der Waals surface area contributed by atoms with E-state index < -0.39 is 0 Å². The van der Waals surface area contributed by atoms with E-state index in [2.05, 4.69) is 29.8 Å². The Bertz CT molecular complexity index is 421. The molecule has 0 fully saturated rings. The molecule has 0 aliphatic heterocycles. The molecule has 100 valence electrons. The zero-order valence-corrected chi connectivity index (χ0v) is 12.4. The van der Waals surface area contributed by atoms with Crippen LogP contribution in [0.2, 0.25) is 0 Å². The third-order valence-electron chi connectivity index (χ3n) is 2.66. The van der Waals surface area contributed by atoms with E-state index in [1.165, 1.54) is 13.2 Å². The first-order valence-corrected chi connectivity index (χ1v) is 6.81. The molecule has 0 aromatic heterocycles. The molecule has 0 radical (unpaired) electrons. The lowest BCUT2D eigenvalue weighted by molar-refractivity contribution is -0.385. The van der Waals surface area contributed by atoms with E-state index in [1.54, 1.807) is 12.1 Å². The van der Waals surface area contributed by atoms with E-state index >= 15 is 0 Å².